The van der Waals surface area contributed by atoms with E-state index in [1.54, 1.807) is 68.4 Å². The van der Waals surface area contributed by atoms with Gasteiger partial charge in [-0.1, -0.05) is 19.1 Å². The van der Waals surface area contributed by atoms with Crippen molar-refractivity contribution in [1.82, 2.24) is 14.8 Å². The Bertz CT molecular complexity index is 1320. The van der Waals surface area contributed by atoms with Crippen LogP contribution in [-0.2, 0) is 0 Å². The largest absolute Gasteiger partial charge is 0.497 e. The SMILES string of the molecule is COc1ccc(NC(=O)N(C)C[C@@H]2Oc3ncc(-c4cccc(F)c4)cc3C(=O)N([C@H](C)CO)C[C@@H]2C)cc1. The highest BCUT2D eigenvalue weighted by molar-refractivity contribution is 5.98. The van der Waals surface area contributed by atoms with E-state index in [-0.39, 0.29) is 42.5 Å². The van der Waals surface area contributed by atoms with Crippen LogP contribution in [0, 0.1) is 11.7 Å². The van der Waals surface area contributed by atoms with E-state index in [4.69, 9.17) is 9.47 Å². The van der Waals surface area contributed by atoms with E-state index >= 15 is 0 Å². The molecule has 3 atom stereocenters. The predicted octanol–water partition coefficient (Wildman–Crippen LogP) is 4.28. The third-order valence-corrected chi connectivity index (χ3v) is 6.82. The number of carbonyl (C=O) groups is 2. The van der Waals surface area contributed by atoms with Gasteiger partial charge in [-0.15, -0.1) is 0 Å². The molecule has 9 nitrogen and oxygen atoms in total. The van der Waals surface area contributed by atoms with Crippen molar-refractivity contribution in [1.29, 1.82) is 0 Å². The fourth-order valence-electron chi connectivity index (χ4n) is 4.39. The second kappa shape index (κ2) is 12.1. The molecule has 39 heavy (non-hydrogen) atoms. The summed E-state index contributed by atoms with van der Waals surface area (Å²) in [5.41, 5.74) is 1.95. The molecule has 1 aliphatic rings. The molecule has 0 aliphatic carbocycles. The summed E-state index contributed by atoms with van der Waals surface area (Å²) in [6.07, 6.45) is 1.02. The van der Waals surface area contributed by atoms with E-state index in [0.717, 1.165) is 0 Å². The van der Waals surface area contributed by atoms with Crippen molar-refractivity contribution in [3.05, 3.63) is 72.2 Å². The van der Waals surface area contributed by atoms with Gasteiger partial charge in [0.1, 0.15) is 23.2 Å². The molecular weight excluding hydrogens is 503 g/mol. The number of nitrogens with zero attached hydrogens (tertiary/aromatic N) is 3. The molecule has 0 fully saturated rings. The molecule has 3 aromatic rings. The molecule has 4 rings (SSSR count). The molecule has 0 radical (unpaired) electrons. The average Bonchev–Trinajstić information content (AvgIpc) is 2.94. The second-order valence-corrected chi connectivity index (χ2v) is 9.75. The summed E-state index contributed by atoms with van der Waals surface area (Å²) >= 11 is 0. The Balaban J connectivity index is 1.60. The fraction of sp³-hybridized carbons (Fsp3) is 0.345. The zero-order valence-electron chi connectivity index (χ0n) is 22.4. The second-order valence-electron chi connectivity index (χ2n) is 9.75. The number of aromatic nitrogens is 1. The molecule has 0 saturated heterocycles. The minimum atomic E-state index is -0.510. The monoisotopic (exact) mass is 536 g/mol. The predicted molar refractivity (Wildman–Crippen MR) is 145 cm³/mol. The number of carbonyl (C=O) groups excluding carboxylic acids is 2. The highest BCUT2D eigenvalue weighted by Crippen LogP contribution is 2.30. The van der Waals surface area contributed by atoms with Crippen molar-refractivity contribution >= 4 is 17.6 Å². The molecule has 0 bridgehead atoms. The van der Waals surface area contributed by atoms with Crippen molar-refractivity contribution in [2.75, 3.05) is 39.2 Å². The average molecular weight is 537 g/mol. The molecule has 2 aromatic carbocycles. The van der Waals surface area contributed by atoms with E-state index in [1.165, 1.54) is 23.2 Å². The number of rotatable bonds is 7. The molecule has 0 spiro atoms. The summed E-state index contributed by atoms with van der Waals surface area (Å²) in [5, 5.41) is 12.7. The third kappa shape index (κ3) is 6.46. The van der Waals surface area contributed by atoms with Gasteiger partial charge in [0.25, 0.3) is 5.91 Å². The number of aliphatic hydroxyl groups excluding tert-OH is 1. The lowest BCUT2D eigenvalue weighted by molar-refractivity contribution is 0.0356. The summed E-state index contributed by atoms with van der Waals surface area (Å²) < 4.78 is 25.3. The molecule has 3 amide bonds. The van der Waals surface area contributed by atoms with Gasteiger partial charge in [-0.3, -0.25) is 4.79 Å². The van der Waals surface area contributed by atoms with Crippen LogP contribution in [0.25, 0.3) is 11.1 Å². The Morgan fingerprint density at radius 3 is 2.67 bits per heavy atom. The number of methoxy groups -OCH3 is 1. The van der Waals surface area contributed by atoms with Crippen LogP contribution in [-0.4, -0.2) is 77.8 Å². The molecule has 2 N–H and O–H groups in total. The van der Waals surface area contributed by atoms with E-state index < -0.39 is 18.0 Å². The van der Waals surface area contributed by atoms with Gasteiger partial charge in [-0.05, 0) is 55.0 Å². The van der Waals surface area contributed by atoms with Gasteiger partial charge in [-0.2, -0.15) is 0 Å². The first kappa shape index (κ1) is 27.8. The standard InChI is InChI=1S/C29H33FN4O5/c1-18-15-34(19(2)17-35)28(36)25-13-21(20-6-5-7-22(30)12-20)14-31-27(25)39-26(18)16-33(3)29(37)32-23-8-10-24(38-4)11-9-23/h5-14,18-19,26,35H,15-17H2,1-4H3,(H,32,37)/t18-,19+,26-/m0/s1. The zero-order valence-corrected chi connectivity index (χ0v) is 22.4. The number of pyridine rings is 1. The number of halogens is 1. The van der Waals surface area contributed by atoms with E-state index in [1.807, 2.05) is 6.92 Å². The molecule has 10 heteroatoms. The number of anilines is 1. The minimum absolute atomic E-state index is 0.121. The topological polar surface area (TPSA) is 104 Å². The number of benzene rings is 2. The number of likely N-dealkylation sites (N-methyl/N-ethyl adjacent to an activating group) is 1. The number of aliphatic hydroxyl groups is 1. The lowest BCUT2D eigenvalue weighted by atomic mass is 9.99. The number of hydrogen-bond acceptors (Lipinski definition) is 6. The highest BCUT2D eigenvalue weighted by Gasteiger charge is 2.34. The van der Waals surface area contributed by atoms with Crippen LogP contribution < -0.4 is 14.8 Å². The lowest BCUT2D eigenvalue weighted by Crippen LogP contribution is -2.50. The number of hydrogen-bond donors (Lipinski definition) is 2. The molecular formula is C29H33FN4O5. The van der Waals surface area contributed by atoms with Gasteiger partial charge in [0, 0.05) is 37.0 Å². The Morgan fingerprint density at radius 2 is 2.00 bits per heavy atom. The molecule has 1 aromatic heterocycles. The highest BCUT2D eigenvalue weighted by atomic mass is 19.1. The van der Waals surface area contributed by atoms with Gasteiger partial charge in [0.2, 0.25) is 5.88 Å². The summed E-state index contributed by atoms with van der Waals surface area (Å²) in [4.78, 5) is 34.1. The van der Waals surface area contributed by atoms with Crippen molar-refractivity contribution in [3.63, 3.8) is 0 Å². The Kier molecular flexibility index (Phi) is 8.65. The number of urea groups is 1. The maximum atomic E-state index is 13.9. The Labute approximate surface area is 227 Å². The van der Waals surface area contributed by atoms with Crippen molar-refractivity contribution in [2.45, 2.75) is 26.0 Å². The van der Waals surface area contributed by atoms with Crippen LogP contribution >= 0.6 is 0 Å². The zero-order chi connectivity index (χ0) is 28.1. The Hall–Kier alpha value is -4.18. The Morgan fingerprint density at radius 1 is 1.26 bits per heavy atom. The van der Waals surface area contributed by atoms with Crippen molar-refractivity contribution < 1.29 is 28.6 Å². The van der Waals surface area contributed by atoms with Crippen molar-refractivity contribution in [2.24, 2.45) is 5.92 Å². The molecule has 1 aliphatic heterocycles. The van der Waals surface area contributed by atoms with Gasteiger partial charge in [0.15, 0.2) is 0 Å². The number of amides is 3. The number of nitrogens with one attached hydrogen (secondary N) is 1. The van der Waals surface area contributed by atoms with Crippen LogP contribution in [0.1, 0.15) is 24.2 Å². The van der Waals surface area contributed by atoms with Gasteiger partial charge >= 0.3 is 6.03 Å². The normalized spacial score (nSPS) is 17.8. The van der Waals surface area contributed by atoms with Gasteiger partial charge in [-0.25, -0.2) is 14.2 Å². The van der Waals surface area contributed by atoms with Gasteiger partial charge < -0.3 is 29.7 Å². The maximum absolute atomic E-state index is 13.9. The van der Waals surface area contributed by atoms with Crippen LogP contribution in [0.5, 0.6) is 11.6 Å². The first-order valence-corrected chi connectivity index (χ1v) is 12.7. The van der Waals surface area contributed by atoms with Crippen LogP contribution in [0.2, 0.25) is 0 Å². The molecule has 206 valence electrons. The quantitative estimate of drug-likeness (QED) is 0.467. The van der Waals surface area contributed by atoms with Crippen LogP contribution in [0.15, 0.2) is 60.8 Å². The summed E-state index contributed by atoms with van der Waals surface area (Å²) in [6.45, 7) is 3.98. The lowest BCUT2D eigenvalue weighted by Gasteiger charge is -2.37. The molecule has 0 saturated carbocycles. The van der Waals surface area contributed by atoms with E-state index in [2.05, 4.69) is 10.3 Å². The maximum Gasteiger partial charge on any atom is 0.321 e. The van der Waals surface area contributed by atoms with Crippen LogP contribution in [0.3, 0.4) is 0 Å². The number of fused-ring (bicyclic) bond motifs is 1. The number of ether oxygens (including phenoxy) is 2. The van der Waals surface area contributed by atoms with E-state index in [9.17, 15) is 19.1 Å². The van der Waals surface area contributed by atoms with Gasteiger partial charge in [0.05, 0.1) is 26.3 Å². The summed E-state index contributed by atoms with van der Waals surface area (Å²) in [5.74, 6) is -0.135. The summed E-state index contributed by atoms with van der Waals surface area (Å²) in [7, 11) is 3.23. The molecule has 2 heterocycles. The minimum Gasteiger partial charge on any atom is -0.497 e. The van der Waals surface area contributed by atoms with E-state index in [0.29, 0.717) is 29.1 Å². The third-order valence-electron chi connectivity index (χ3n) is 6.82. The van der Waals surface area contributed by atoms with Crippen LogP contribution in [0.4, 0.5) is 14.9 Å². The first-order chi connectivity index (χ1) is 18.7. The summed E-state index contributed by atoms with van der Waals surface area (Å²) in [6, 6.07) is 13.9. The smallest absolute Gasteiger partial charge is 0.321 e. The molecule has 0 unspecified atom stereocenters. The fourth-order valence-corrected chi connectivity index (χ4v) is 4.39. The first-order valence-electron chi connectivity index (χ1n) is 12.7. The van der Waals surface area contributed by atoms with Crippen molar-refractivity contribution in [3.8, 4) is 22.8 Å².